The van der Waals surface area contributed by atoms with Gasteiger partial charge in [-0.2, -0.15) is 5.10 Å². The number of fused-ring (bicyclic) bond motifs is 1. The van der Waals surface area contributed by atoms with Crippen LogP contribution in [0, 0.1) is 13.8 Å². The molecule has 0 aliphatic rings. The van der Waals surface area contributed by atoms with E-state index in [4.69, 9.17) is 4.74 Å². The number of carbonyl (C=O) groups excluding carboxylic acids is 1. The van der Waals surface area contributed by atoms with E-state index in [1.807, 2.05) is 36.4 Å². The van der Waals surface area contributed by atoms with E-state index in [9.17, 15) is 4.79 Å². The number of hydrogen-bond acceptors (Lipinski definition) is 3. The highest BCUT2D eigenvalue weighted by molar-refractivity contribution is 6.02. The molecule has 1 amide bonds. The first-order chi connectivity index (χ1) is 12.9. The van der Waals surface area contributed by atoms with Crippen molar-refractivity contribution >= 4 is 22.9 Å². The van der Waals surface area contributed by atoms with Gasteiger partial charge < -0.3 is 9.30 Å². The molecule has 0 saturated carbocycles. The summed E-state index contributed by atoms with van der Waals surface area (Å²) in [5.41, 5.74) is 6.37. The number of rotatable bonds is 5. The van der Waals surface area contributed by atoms with Crippen molar-refractivity contribution in [2.45, 2.75) is 33.7 Å². The topological polar surface area (TPSA) is 55.6 Å². The Balaban J connectivity index is 1.83. The fourth-order valence-electron chi connectivity index (χ4n) is 3.51. The SMILES string of the molecule is COc1cc2ccccc2cc1C(=O)NN=Cc1cc(C)n(C(C)C)c1C. The van der Waals surface area contributed by atoms with E-state index in [2.05, 4.69) is 48.9 Å². The van der Waals surface area contributed by atoms with Gasteiger partial charge in [0.1, 0.15) is 5.75 Å². The van der Waals surface area contributed by atoms with Gasteiger partial charge in [0.2, 0.25) is 0 Å². The smallest absolute Gasteiger partial charge is 0.275 e. The maximum absolute atomic E-state index is 12.6. The Labute approximate surface area is 159 Å². The van der Waals surface area contributed by atoms with Crippen molar-refractivity contribution in [2.24, 2.45) is 5.10 Å². The van der Waals surface area contributed by atoms with Crippen molar-refractivity contribution in [1.82, 2.24) is 9.99 Å². The second-order valence-electron chi connectivity index (χ2n) is 6.89. The summed E-state index contributed by atoms with van der Waals surface area (Å²) >= 11 is 0. The summed E-state index contributed by atoms with van der Waals surface area (Å²) in [6.45, 7) is 8.43. The lowest BCUT2D eigenvalue weighted by molar-refractivity contribution is 0.0952. The molecule has 1 aromatic heterocycles. The fourth-order valence-corrected chi connectivity index (χ4v) is 3.51. The number of ether oxygens (including phenoxy) is 1. The van der Waals surface area contributed by atoms with Gasteiger partial charge in [-0.05, 0) is 56.7 Å². The van der Waals surface area contributed by atoms with Crippen LogP contribution in [0.25, 0.3) is 10.8 Å². The Morgan fingerprint density at radius 1 is 1.15 bits per heavy atom. The van der Waals surface area contributed by atoms with E-state index in [0.717, 1.165) is 22.0 Å². The molecule has 0 bridgehead atoms. The third-order valence-corrected chi connectivity index (χ3v) is 4.72. The summed E-state index contributed by atoms with van der Waals surface area (Å²) in [4.78, 5) is 12.6. The number of hydrazone groups is 1. The molecule has 0 atom stereocenters. The first kappa shape index (κ1) is 18.7. The van der Waals surface area contributed by atoms with Gasteiger partial charge >= 0.3 is 0 Å². The van der Waals surface area contributed by atoms with Crippen LogP contribution in [0.2, 0.25) is 0 Å². The molecule has 0 aliphatic heterocycles. The lowest BCUT2D eigenvalue weighted by Crippen LogP contribution is -2.18. The molecule has 0 aliphatic carbocycles. The van der Waals surface area contributed by atoms with E-state index < -0.39 is 0 Å². The van der Waals surface area contributed by atoms with Crippen molar-refractivity contribution in [3.63, 3.8) is 0 Å². The summed E-state index contributed by atoms with van der Waals surface area (Å²) < 4.78 is 7.63. The van der Waals surface area contributed by atoms with E-state index in [1.165, 1.54) is 5.69 Å². The Hall–Kier alpha value is -3.08. The predicted molar refractivity (Wildman–Crippen MR) is 110 cm³/mol. The number of hydrogen-bond donors (Lipinski definition) is 1. The number of amides is 1. The average Bonchev–Trinajstić information content (AvgIpc) is 2.94. The zero-order valence-electron chi connectivity index (χ0n) is 16.4. The van der Waals surface area contributed by atoms with Crippen molar-refractivity contribution in [2.75, 3.05) is 7.11 Å². The van der Waals surface area contributed by atoms with Gasteiger partial charge in [-0.15, -0.1) is 0 Å². The minimum Gasteiger partial charge on any atom is -0.496 e. The highest BCUT2D eigenvalue weighted by Crippen LogP contribution is 2.26. The highest BCUT2D eigenvalue weighted by Gasteiger charge is 2.14. The zero-order valence-corrected chi connectivity index (χ0v) is 16.4. The first-order valence-electron chi connectivity index (χ1n) is 9.01. The van der Waals surface area contributed by atoms with Gasteiger partial charge in [-0.3, -0.25) is 4.79 Å². The second kappa shape index (κ2) is 7.66. The first-order valence-corrected chi connectivity index (χ1v) is 9.01. The Bertz CT molecular complexity index is 1020. The lowest BCUT2D eigenvalue weighted by Gasteiger charge is -2.13. The number of benzene rings is 2. The molecular formula is C22H25N3O2. The van der Waals surface area contributed by atoms with Crippen molar-refractivity contribution in [3.8, 4) is 5.75 Å². The number of nitrogens with one attached hydrogen (secondary N) is 1. The molecule has 1 heterocycles. The lowest BCUT2D eigenvalue weighted by atomic mass is 10.1. The fraction of sp³-hybridized carbons (Fsp3) is 0.273. The minimum atomic E-state index is -0.300. The predicted octanol–water partition coefficient (Wildman–Crippen LogP) is 4.61. The molecule has 3 rings (SSSR count). The summed E-state index contributed by atoms with van der Waals surface area (Å²) in [7, 11) is 1.56. The number of aryl methyl sites for hydroxylation is 1. The highest BCUT2D eigenvalue weighted by atomic mass is 16.5. The molecule has 0 radical (unpaired) electrons. The maximum Gasteiger partial charge on any atom is 0.275 e. The summed E-state index contributed by atoms with van der Waals surface area (Å²) in [6.07, 6.45) is 1.69. The van der Waals surface area contributed by atoms with Gasteiger partial charge in [0.15, 0.2) is 0 Å². The van der Waals surface area contributed by atoms with Crippen LogP contribution in [0.4, 0.5) is 0 Å². The Kier molecular flexibility index (Phi) is 5.31. The molecule has 140 valence electrons. The van der Waals surface area contributed by atoms with Crippen LogP contribution in [0.3, 0.4) is 0 Å². The van der Waals surface area contributed by atoms with Gasteiger partial charge in [0, 0.05) is 23.0 Å². The average molecular weight is 363 g/mol. The van der Waals surface area contributed by atoms with E-state index in [0.29, 0.717) is 17.4 Å². The standard InChI is InChI=1S/C22H25N3O2/c1-14(2)25-15(3)10-19(16(25)4)13-23-24-22(26)20-11-17-8-6-7-9-18(17)12-21(20)27-5/h6-14H,1-5H3,(H,24,26). The number of nitrogens with zero attached hydrogens (tertiary/aromatic N) is 2. The summed E-state index contributed by atoms with van der Waals surface area (Å²) in [6, 6.07) is 14.0. The molecule has 27 heavy (non-hydrogen) atoms. The van der Waals surface area contributed by atoms with E-state index in [1.54, 1.807) is 13.3 Å². The molecule has 0 spiro atoms. The third-order valence-electron chi connectivity index (χ3n) is 4.72. The van der Waals surface area contributed by atoms with Gasteiger partial charge in [0.25, 0.3) is 5.91 Å². The molecule has 5 nitrogen and oxygen atoms in total. The monoisotopic (exact) mass is 363 g/mol. The Morgan fingerprint density at radius 2 is 1.81 bits per heavy atom. The normalized spacial score (nSPS) is 11.5. The van der Waals surface area contributed by atoms with Crippen LogP contribution in [-0.4, -0.2) is 23.8 Å². The molecule has 0 unspecified atom stereocenters. The quantitative estimate of drug-likeness (QED) is 0.531. The van der Waals surface area contributed by atoms with Crippen LogP contribution in [0.15, 0.2) is 47.6 Å². The molecule has 0 saturated heterocycles. The second-order valence-corrected chi connectivity index (χ2v) is 6.89. The van der Waals surface area contributed by atoms with Crippen LogP contribution in [0.1, 0.15) is 47.2 Å². The number of aromatic nitrogens is 1. The van der Waals surface area contributed by atoms with Crippen LogP contribution >= 0.6 is 0 Å². The third kappa shape index (κ3) is 3.72. The molecule has 2 aromatic carbocycles. The molecular weight excluding hydrogens is 338 g/mol. The largest absolute Gasteiger partial charge is 0.496 e. The molecule has 0 fully saturated rings. The Morgan fingerprint density at radius 3 is 2.41 bits per heavy atom. The van der Waals surface area contributed by atoms with Crippen LogP contribution < -0.4 is 10.2 Å². The number of methoxy groups -OCH3 is 1. The van der Waals surface area contributed by atoms with Gasteiger partial charge in [-0.1, -0.05) is 24.3 Å². The van der Waals surface area contributed by atoms with Crippen molar-refractivity contribution < 1.29 is 9.53 Å². The zero-order chi connectivity index (χ0) is 19.6. The summed E-state index contributed by atoms with van der Waals surface area (Å²) in [5, 5.41) is 6.16. The maximum atomic E-state index is 12.6. The minimum absolute atomic E-state index is 0.300. The van der Waals surface area contributed by atoms with Crippen molar-refractivity contribution in [3.05, 3.63) is 65.0 Å². The van der Waals surface area contributed by atoms with Crippen LogP contribution in [-0.2, 0) is 0 Å². The molecule has 5 heteroatoms. The summed E-state index contributed by atoms with van der Waals surface area (Å²) in [5.74, 6) is 0.228. The van der Waals surface area contributed by atoms with E-state index >= 15 is 0 Å². The van der Waals surface area contributed by atoms with Gasteiger partial charge in [-0.25, -0.2) is 5.43 Å². The van der Waals surface area contributed by atoms with E-state index in [-0.39, 0.29) is 5.91 Å². The van der Waals surface area contributed by atoms with Crippen LogP contribution in [0.5, 0.6) is 5.75 Å². The van der Waals surface area contributed by atoms with Gasteiger partial charge in [0.05, 0.1) is 18.9 Å². The molecule has 3 aromatic rings. The number of carbonyl (C=O) groups is 1. The molecule has 1 N–H and O–H groups in total. The van der Waals surface area contributed by atoms with Crippen molar-refractivity contribution in [1.29, 1.82) is 0 Å².